The number of amides is 1. The third-order valence-corrected chi connectivity index (χ3v) is 3.02. The second-order valence-corrected chi connectivity index (χ2v) is 4.56. The average molecular weight is 305 g/mol. The van der Waals surface area contributed by atoms with Gasteiger partial charge in [0.05, 0.1) is 12.1 Å². The SMILES string of the molecule is O=C(O)CCN(C(=O)c1ccccc1)c1ccc(F)cc1F. The number of nitrogens with zero attached hydrogens (tertiary/aromatic N) is 1. The van der Waals surface area contributed by atoms with E-state index in [0.29, 0.717) is 6.07 Å². The first-order valence-corrected chi connectivity index (χ1v) is 6.53. The molecule has 2 aromatic rings. The number of halogens is 2. The fourth-order valence-electron chi connectivity index (χ4n) is 1.98. The van der Waals surface area contributed by atoms with Gasteiger partial charge in [-0.15, -0.1) is 0 Å². The number of hydrogen-bond donors (Lipinski definition) is 1. The molecule has 0 aliphatic carbocycles. The lowest BCUT2D eigenvalue weighted by atomic mass is 10.1. The van der Waals surface area contributed by atoms with Crippen molar-refractivity contribution in [3.05, 3.63) is 65.7 Å². The Morgan fingerprint density at radius 1 is 1.05 bits per heavy atom. The van der Waals surface area contributed by atoms with E-state index < -0.39 is 23.5 Å². The first-order chi connectivity index (χ1) is 10.5. The molecule has 0 atom stereocenters. The number of carbonyl (C=O) groups excluding carboxylic acids is 1. The van der Waals surface area contributed by atoms with Crippen molar-refractivity contribution in [2.24, 2.45) is 0 Å². The molecule has 2 rings (SSSR count). The van der Waals surface area contributed by atoms with E-state index >= 15 is 0 Å². The summed E-state index contributed by atoms with van der Waals surface area (Å²) >= 11 is 0. The summed E-state index contributed by atoms with van der Waals surface area (Å²) in [6.45, 7) is -0.217. The highest BCUT2D eigenvalue weighted by Gasteiger charge is 2.21. The maximum atomic E-state index is 13.9. The van der Waals surface area contributed by atoms with Crippen LogP contribution >= 0.6 is 0 Å². The topological polar surface area (TPSA) is 57.6 Å². The summed E-state index contributed by atoms with van der Waals surface area (Å²) in [6, 6.07) is 10.9. The van der Waals surface area contributed by atoms with E-state index in [4.69, 9.17) is 5.11 Å². The van der Waals surface area contributed by atoms with Crippen LogP contribution in [0.5, 0.6) is 0 Å². The molecular formula is C16H13F2NO3. The number of benzene rings is 2. The van der Waals surface area contributed by atoms with Gasteiger partial charge in [-0.3, -0.25) is 9.59 Å². The third-order valence-electron chi connectivity index (χ3n) is 3.02. The maximum absolute atomic E-state index is 13.9. The molecule has 4 nitrogen and oxygen atoms in total. The van der Waals surface area contributed by atoms with Crippen LogP contribution in [0.25, 0.3) is 0 Å². The van der Waals surface area contributed by atoms with Gasteiger partial charge in [0.25, 0.3) is 5.91 Å². The number of carbonyl (C=O) groups is 2. The molecule has 0 aromatic heterocycles. The Balaban J connectivity index is 2.37. The first kappa shape index (κ1) is 15.6. The zero-order valence-corrected chi connectivity index (χ0v) is 11.5. The molecule has 22 heavy (non-hydrogen) atoms. The highest BCUT2D eigenvalue weighted by atomic mass is 19.1. The van der Waals surface area contributed by atoms with Crippen LogP contribution in [0.1, 0.15) is 16.8 Å². The van der Waals surface area contributed by atoms with E-state index in [9.17, 15) is 18.4 Å². The Labute approximate surface area is 125 Å². The normalized spacial score (nSPS) is 10.3. The third kappa shape index (κ3) is 3.66. The van der Waals surface area contributed by atoms with Crippen molar-refractivity contribution in [2.45, 2.75) is 6.42 Å². The van der Waals surface area contributed by atoms with E-state index in [-0.39, 0.29) is 24.2 Å². The number of hydrogen-bond acceptors (Lipinski definition) is 2. The second-order valence-electron chi connectivity index (χ2n) is 4.56. The Bertz CT molecular complexity index is 689. The lowest BCUT2D eigenvalue weighted by Crippen LogP contribution is -2.33. The molecule has 0 saturated heterocycles. The monoisotopic (exact) mass is 305 g/mol. The van der Waals surface area contributed by atoms with Gasteiger partial charge >= 0.3 is 5.97 Å². The zero-order chi connectivity index (χ0) is 16.1. The number of aliphatic carboxylic acids is 1. The molecule has 0 spiro atoms. The van der Waals surface area contributed by atoms with Crippen LogP contribution < -0.4 is 4.90 Å². The van der Waals surface area contributed by atoms with Crippen molar-refractivity contribution < 1.29 is 23.5 Å². The summed E-state index contributed by atoms with van der Waals surface area (Å²) in [6.07, 6.45) is -0.352. The van der Waals surface area contributed by atoms with E-state index in [1.54, 1.807) is 18.2 Å². The van der Waals surface area contributed by atoms with E-state index in [1.807, 2.05) is 0 Å². The van der Waals surface area contributed by atoms with Crippen LogP contribution in [0.15, 0.2) is 48.5 Å². The van der Waals surface area contributed by atoms with Crippen LogP contribution in [0.4, 0.5) is 14.5 Å². The number of carboxylic acids is 1. The van der Waals surface area contributed by atoms with Gasteiger partial charge in [0.1, 0.15) is 11.6 Å². The predicted molar refractivity (Wildman–Crippen MR) is 76.7 cm³/mol. The standard InChI is InChI=1S/C16H13F2NO3/c17-12-6-7-14(13(18)10-12)19(9-8-15(20)21)16(22)11-4-2-1-3-5-11/h1-7,10H,8-9H2,(H,20,21). The lowest BCUT2D eigenvalue weighted by Gasteiger charge is -2.22. The minimum Gasteiger partial charge on any atom is -0.481 e. The number of carboxylic acid groups (broad SMARTS) is 1. The molecule has 0 aliphatic heterocycles. The first-order valence-electron chi connectivity index (χ1n) is 6.53. The minimum atomic E-state index is -1.12. The summed E-state index contributed by atoms with van der Waals surface area (Å²) in [5, 5.41) is 8.78. The highest BCUT2D eigenvalue weighted by Crippen LogP contribution is 2.22. The summed E-state index contributed by atoms with van der Waals surface area (Å²) in [4.78, 5) is 24.2. The summed E-state index contributed by atoms with van der Waals surface area (Å²) in [5.41, 5.74) is 0.133. The van der Waals surface area contributed by atoms with Gasteiger partial charge < -0.3 is 10.0 Å². The van der Waals surface area contributed by atoms with Gasteiger partial charge in [-0.1, -0.05) is 18.2 Å². The van der Waals surface area contributed by atoms with Crippen molar-refractivity contribution in [3.63, 3.8) is 0 Å². The van der Waals surface area contributed by atoms with E-state index in [2.05, 4.69) is 0 Å². The molecule has 0 heterocycles. The molecule has 0 fully saturated rings. The van der Waals surface area contributed by atoms with Crippen LogP contribution in [0.3, 0.4) is 0 Å². The van der Waals surface area contributed by atoms with Crippen LogP contribution in [0, 0.1) is 11.6 Å². The van der Waals surface area contributed by atoms with E-state index in [1.165, 1.54) is 12.1 Å². The Morgan fingerprint density at radius 2 is 1.73 bits per heavy atom. The molecule has 0 unspecified atom stereocenters. The quantitative estimate of drug-likeness (QED) is 0.923. The Morgan fingerprint density at radius 3 is 2.32 bits per heavy atom. The van der Waals surface area contributed by atoms with Crippen molar-refractivity contribution in [3.8, 4) is 0 Å². The summed E-state index contributed by atoms with van der Waals surface area (Å²) in [5.74, 6) is -3.36. The van der Waals surface area contributed by atoms with Gasteiger partial charge in [0, 0.05) is 18.2 Å². The van der Waals surface area contributed by atoms with Crippen molar-refractivity contribution in [1.82, 2.24) is 0 Å². The molecule has 1 amide bonds. The Kier molecular flexibility index (Phi) is 4.83. The van der Waals surface area contributed by atoms with E-state index in [0.717, 1.165) is 17.0 Å². The molecule has 2 aromatic carbocycles. The second kappa shape index (κ2) is 6.80. The molecule has 0 radical (unpaired) electrons. The van der Waals surface area contributed by atoms with Gasteiger partial charge in [-0.05, 0) is 24.3 Å². The molecular weight excluding hydrogens is 292 g/mol. The van der Waals surface area contributed by atoms with Crippen molar-refractivity contribution >= 4 is 17.6 Å². The Hall–Kier alpha value is -2.76. The zero-order valence-electron chi connectivity index (χ0n) is 11.5. The number of anilines is 1. The van der Waals surface area contributed by atoms with Crippen molar-refractivity contribution in [2.75, 3.05) is 11.4 Å². The lowest BCUT2D eigenvalue weighted by molar-refractivity contribution is -0.136. The predicted octanol–water partition coefficient (Wildman–Crippen LogP) is 3.09. The molecule has 0 aliphatic rings. The van der Waals surface area contributed by atoms with Gasteiger partial charge in [-0.2, -0.15) is 0 Å². The molecule has 6 heteroatoms. The van der Waals surface area contributed by atoms with Crippen LogP contribution in [-0.4, -0.2) is 23.5 Å². The minimum absolute atomic E-state index is 0.156. The van der Waals surface area contributed by atoms with Crippen LogP contribution in [0.2, 0.25) is 0 Å². The fraction of sp³-hybridized carbons (Fsp3) is 0.125. The molecule has 1 N–H and O–H groups in total. The maximum Gasteiger partial charge on any atom is 0.305 e. The highest BCUT2D eigenvalue weighted by molar-refractivity contribution is 6.06. The fourth-order valence-corrected chi connectivity index (χ4v) is 1.98. The number of rotatable bonds is 5. The molecule has 114 valence electrons. The van der Waals surface area contributed by atoms with Gasteiger partial charge in [-0.25, -0.2) is 8.78 Å². The largest absolute Gasteiger partial charge is 0.481 e. The van der Waals surface area contributed by atoms with Gasteiger partial charge in [0.15, 0.2) is 0 Å². The summed E-state index contributed by atoms with van der Waals surface area (Å²) in [7, 11) is 0. The van der Waals surface area contributed by atoms with Gasteiger partial charge in [0.2, 0.25) is 0 Å². The average Bonchev–Trinajstić information content (AvgIpc) is 2.49. The molecule has 0 bridgehead atoms. The van der Waals surface area contributed by atoms with Crippen LogP contribution in [-0.2, 0) is 4.79 Å². The van der Waals surface area contributed by atoms with Crippen molar-refractivity contribution in [1.29, 1.82) is 0 Å². The summed E-state index contributed by atoms with van der Waals surface area (Å²) < 4.78 is 26.9. The smallest absolute Gasteiger partial charge is 0.305 e. The molecule has 0 saturated carbocycles.